The molecule has 1 amide bonds. The molecular weight excluding hydrogens is 276 g/mol. The Morgan fingerprint density at radius 3 is 2.82 bits per heavy atom. The molecule has 4 heteroatoms. The van der Waals surface area contributed by atoms with E-state index in [9.17, 15) is 4.79 Å². The summed E-state index contributed by atoms with van der Waals surface area (Å²) in [6.45, 7) is 4.39. The first-order valence-corrected chi connectivity index (χ1v) is 8.04. The third kappa shape index (κ3) is 4.52. The normalized spacial score (nSPS) is 15.1. The molecule has 1 aromatic carbocycles. The van der Waals surface area contributed by atoms with Crippen molar-refractivity contribution in [2.75, 3.05) is 25.5 Å². The molecule has 1 saturated carbocycles. The molecule has 0 aromatic heterocycles. The molecule has 120 valence electrons. The minimum atomic E-state index is 0.130. The lowest BCUT2D eigenvalue weighted by atomic mass is 9.94. The van der Waals surface area contributed by atoms with Crippen molar-refractivity contribution < 1.29 is 9.53 Å². The number of para-hydroxylation sites is 2. The first kappa shape index (κ1) is 16.4. The van der Waals surface area contributed by atoms with Crippen LogP contribution in [0.25, 0.3) is 0 Å². The summed E-state index contributed by atoms with van der Waals surface area (Å²) in [5.41, 5.74) is 0.842. The van der Waals surface area contributed by atoms with Gasteiger partial charge in [-0.3, -0.25) is 4.79 Å². The van der Waals surface area contributed by atoms with E-state index in [1.54, 1.807) is 6.08 Å². The molecule has 0 saturated heterocycles. The maximum atomic E-state index is 12.3. The van der Waals surface area contributed by atoms with E-state index in [2.05, 4.69) is 11.9 Å². The fourth-order valence-electron chi connectivity index (χ4n) is 2.85. The molecule has 0 unspecified atom stereocenters. The van der Waals surface area contributed by atoms with Gasteiger partial charge in [0.2, 0.25) is 5.91 Å². The monoisotopic (exact) mass is 302 g/mol. The fourth-order valence-corrected chi connectivity index (χ4v) is 2.85. The zero-order valence-electron chi connectivity index (χ0n) is 13.4. The van der Waals surface area contributed by atoms with Crippen LogP contribution in [-0.2, 0) is 4.79 Å². The Morgan fingerprint density at radius 2 is 2.09 bits per heavy atom. The van der Waals surface area contributed by atoms with Gasteiger partial charge in [-0.1, -0.05) is 44.1 Å². The van der Waals surface area contributed by atoms with Crippen LogP contribution in [0.4, 0.5) is 5.69 Å². The van der Waals surface area contributed by atoms with Gasteiger partial charge in [0.05, 0.1) is 12.2 Å². The van der Waals surface area contributed by atoms with Crippen LogP contribution >= 0.6 is 0 Å². The second kappa shape index (κ2) is 8.47. The molecule has 1 aliphatic rings. The maximum Gasteiger partial charge on any atom is 0.241 e. The smallest absolute Gasteiger partial charge is 0.241 e. The number of ether oxygens (including phenoxy) is 1. The van der Waals surface area contributed by atoms with E-state index >= 15 is 0 Å². The summed E-state index contributed by atoms with van der Waals surface area (Å²) in [5.74, 6) is 0.876. The summed E-state index contributed by atoms with van der Waals surface area (Å²) in [6, 6.07) is 8.06. The first-order chi connectivity index (χ1) is 10.7. The number of nitrogens with zero attached hydrogens (tertiary/aromatic N) is 1. The van der Waals surface area contributed by atoms with Crippen LogP contribution in [0.1, 0.15) is 32.1 Å². The van der Waals surface area contributed by atoms with Crippen molar-refractivity contribution in [1.82, 2.24) is 4.90 Å². The number of rotatable bonds is 7. The molecule has 22 heavy (non-hydrogen) atoms. The lowest BCUT2D eigenvalue weighted by molar-refractivity contribution is -0.130. The highest BCUT2D eigenvalue weighted by molar-refractivity contribution is 5.81. The van der Waals surface area contributed by atoms with Gasteiger partial charge in [-0.2, -0.15) is 0 Å². The molecule has 0 atom stereocenters. The van der Waals surface area contributed by atoms with E-state index in [1.165, 1.54) is 19.3 Å². The maximum absolute atomic E-state index is 12.3. The number of anilines is 1. The average Bonchev–Trinajstić information content (AvgIpc) is 2.58. The van der Waals surface area contributed by atoms with E-state index in [0.717, 1.165) is 24.3 Å². The Labute approximate surface area is 133 Å². The number of nitrogens with one attached hydrogen (secondary N) is 1. The Balaban J connectivity index is 1.88. The summed E-state index contributed by atoms with van der Waals surface area (Å²) < 4.78 is 5.59. The van der Waals surface area contributed by atoms with Gasteiger partial charge in [0.1, 0.15) is 12.4 Å². The third-order valence-corrected chi connectivity index (χ3v) is 4.19. The standard InChI is InChI=1S/C18H26N2O2/c1-3-13-22-17-12-8-7-11-16(17)19-14-18(21)20(2)15-9-5-4-6-10-15/h3,7-8,11-12,15,19H,1,4-6,9-10,13-14H2,2H3. The minimum Gasteiger partial charge on any atom is -0.487 e. The summed E-state index contributed by atoms with van der Waals surface area (Å²) in [6.07, 6.45) is 7.72. The van der Waals surface area contributed by atoms with Crippen LogP contribution in [0.5, 0.6) is 5.75 Å². The van der Waals surface area contributed by atoms with Crippen molar-refractivity contribution >= 4 is 11.6 Å². The Hall–Kier alpha value is -1.97. The SMILES string of the molecule is C=CCOc1ccccc1NCC(=O)N(C)C1CCCCC1. The van der Waals surface area contributed by atoms with Gasteiger partial charge in [0, 0.05) is 13.1 Å². The van der Waals surface area contributed by atoms with Crippen molar-refractivity contribution in [1.29, 1.82) is 0 Å². The molecule has 0 spiro atoms. The van der Waals surface area contributed by atoms with Crippen molar-refractivity contribution in [2.45, 2.75) is 38.1 Å². The van der Waals surface area contributed by atoms with Gasteiger partial charge in [-0.05, 0) is 25.0 Å². The summed E-state index contributed by atoms with van der Waals surface area (Å²) in [5, 5.41) is 3.19. The number of benzene rings is 1. The zero-order valence-corrected chi connectivity index (χ0v) is 13.4. The van der Waals surface area contributed by atoms with E-state index in [-0.39, 0.29) is 5.91 Å². The second-order valence-electron chi connectivity index (χ2n) is 5.75. The van der Waals surface area contributed by atoms with Gasteiger partial charge in [0.25, 0.3) is 0 Å². The number of likely N-dealkylation sites (N-methyl/N-ethyl adjacent to an activating group) is 1. The van der Waals surface area contributed by atoms with Gasteiger partial charge in [0.15, 0.2) is 0 Å². The highest BCUT2D eigenvalue weighted by Crippen LogP contribution is 2.24. The van der Waals surface area contributed by atoms with Crippen LogP contribution < -0.4 is 10.1 Å². The van der Waals surface area contributed by atoms with Gasteiger partial charge < -0.3 is 15.0 Å². The van der Waals surface area contributed by atoms with Crippen LogP contribution in [0.3, 0.4) is 0 Å². The third-order valence-electron chi connectivity index (χ3n) is 4.19. The molecule has 2 rings (SSSR count). The molecule has 1 fully saturated rings. The number of amides is 1. The molecular formula is C18H26N2O2. The molecule has 1 aromatic rings. The largest absolute Gasteiger partial charge is 0.487 e. The van der Waals surface area contributed by atoms with Crippen molar-refractivity contribution in [3.8, 4) is 5.75 Å². The van der Waals surface area contributed by atoms with E-state index < -0.39 is 0 Å². The molecule has 0 radical (unpaired) electrons. The molecule has 1 aliphatic carbocycles. The van der Waals surface area contributed by atoms with Crippen molar-refractivity contribution in [2.24, 2.45) is 0 Å². The summed E-state index contributed by atoms with van der Waals surface area (Å²) in [7, 11) is 1.92. The molecule has 4 nitrogen and oxygen atoms in total. The topological polar surface area (TPSA) is 41.6 Å². The minimum absolute atomic E-state index is 0.130. The number of hydrogen-bond acceptors (Lipinski definition) is 3. The van der Waals surface area contributed by atoms with Crippen molar-refractivity contribution in [3.05, 3.63) is 36.9 Å². The van der Waals surface area contributed by atoms with E-state index in [0.29, 0.717) is 19.2 Å². The Morgan fingerprint density at radius 1 is 1.36 bits per heavy atom. The van der Waals surface area contributed by atoms with Crippen LogP contribution in [-0.4, -0.2) is 37.0 Å². The average molecular weight is 302 g/mol. The van der Waals surface area contributed by atoms with Gasteiger partial charge >= 0.3 is 0 Å². The highest BCUT2D eigenvalue weighted by atomic mass is 16.5. The van der Waals surface area contributed by atoms with E-state index in [1.807, 2.05) is 36.2 Å². The molecule has 1 N–H and O–H groups in total. The predicted molar refractivity (Wildman–Crippen MR) is 90.3 cm³/mol. The van der Waals surface area contributed by atoms with Crippen LogP contribution in [0.2, 0.25) is 0 Å². The van der Waals surface area contributed by atoms with Crippen LogP contribution in [0, 0.1) is 0 Å². The van der Waals surface area contributed by atoms with Gasteiger partial charge in [-0.25, -0.2) is 0 Å². The number of carbonyl (C=O) groups excluding carboxylic acids is 1. The lowest BCUT2D eigenvalue weighted by Crippen LogP contribution is -2.41. The Kier molecular flexibility index (Phi) is 6.31. The number of carbonyl (C=O) groups is 1. The quantitative estimate of drug-likeness (QED) is 0.784. The predicted octanol–water partition coefficient (Wildman–Crippen LogP) is 3.45. The highest BCUT2D eigenvalue weighted by Gasteiger charge is 2.21. The molecule has 0 bridgehead atoms. The Bertz CT molecular complexity index is 496. The van der Waals surface area contributed by atoms with Crippen molar-refractivity contribution in [3.63, 3.8) is 0 Å². The molecule has 0 heterocycles. The molecule has 0 aliphatic heterocycles. The fraction of sp³-hybridized carbons (Fsp3) is 0.500. The zero-order chi connectivity index (χ0) is 15.8. The summed E-state index contributed by atoms with van der Waals surface area (Å²) in [4.78, 5) is 14.2. The second-order valence-corrected chi connectivity index (χ2v) is 5.75. The summed E-state index contributed by atoms with van der Waals surface area (Å²) >= 11 is 0. The lowest BCUT2D eigenvalue weighted by Gasteiger charge is -2.31. The van der Waals surface area contributed by atoms with E-state index in [4.69, 9.17) is 4.74 Å². The van der Waals surface area contributed by atoms with Gasteiger partial charge in [-0.15, -0.1) is 0 Å². The number of hydrogen-bond donors (Lipinski definition) is 1. The first-order valence-electron chi connectivity index (χ1n) is 8.04. The van der Waals surface area contributed by atoms with Crippen LogP contribution in [0.15, 0.2) is 36.9 Å².